The van der Waals surface area contributed by atoms with Crippen LogP contribution in [-0.4, -0.2) is 48.0 Å². The average molecular weight is 340 g/mol. The summed E-state index contributed by atoms with van der Waals surface area (Å²) in [5.41, 5.74) is 0. The highest BCUT2D eigenvalue weighted by Gasteiger charge is 2.31. The van der Waals surface area contributed by atoms with Crippen LogP contribution in [0.15, 0.2) is 17.6 Å². The molecule has 0 spiro atoms. The van der Waals surface area contributed by atoms with Gasteiger partial charge in [-0.1, -0.05) is 13.8 Å². The Morgan fingerprint density at radius 1 is 1.26 bits per heavy atom. The fraction of sp³-hybridized carbons (Fsp3) is 0.812. The molecule has 0 aromatic carbocycles. The smallest absolute Gasteiger partial charge is 0.262 e. The number of sulfonamides is 1. The Labute approximate surface area is 139 Å². The van der Waals surface area contributed by atoms with Gasteiger partial charge in [0.05, 0.1) is 6.33 Å². The van der Waals surface area contributed by atoms with Gasteiger partial charge in [0.25, 0.3) is 10.0 Å². The van der Waals surface area contributed by atoms with Crippen molar-refractivity contribution in [3.05, 3.63) is 12.5 Å². The van der Waals surface area contributed by atoms with E-state index in [2.05, 4.69) is 24.1 Å². The van der Waals surface area contributed by atoms with Gasteiger partial charge in [-0.3, -0.25) is 0 Å². The quantitative estimate of drug-likeness (QED) is 0.820. The van der Waals surface area contributed by atoms with E-state index in [4.69, 9.17) is 0 Å². The van der Waals surface area contributed by atoms with E-state index < -0.39 is 10.0 Å². The van der Waals surface area contributed by atoms with Crippen LogP contribution in [0.1, 0.15) is 39.5 Å². The molecular weight excluding hydrogens is 312 g/mol. The van der Waals surface area contributed by atoms with Crippen LogP contribution in [0.25, 0.3) is 0 Å². The summed E-state index contributed by atoms with van der Waals surface area (Å²) in [7, 11) is -3.45. The molecule has 1 aliphatic heterocycles. The fourth-order valence-electron chi connectivity index (χ4n) is 3.08. The van der Waals surface area contributed by atoms with Crippen molar-refractivity contribution in [2.75, 3.05) is 19.6 Å². The zero-order valence-corrected chi connectivity index (χ0v) is 14.9. The summed E-state index contributed by atoms with van der Waals surface area (Å²) in [6, 6.07) is 0.459. The molecule has 0 unspecified atom stereocenters. The highest BCUT2D eigenvalue weighted by atomic mass is 32.2. The summed E-state index contributed by atoms with van der Waals surface area (Å²) >= 11 is 0. The van der Waals surface area contributed by atoms with Crippen molar-refractivity contribution < 1.29 is 8.42 Å². The predicted octanol–water partition coefficient (Wildman–Crippen LogP) is 1.69. The molecule has 130 valence electrons. The Kier molecular flexibility index (Phi) is 5.08. The molecule has 1 saturated carbocycles. The van der Waals surface area contributed by atoms with Crippen molar-refractivity contribution in [2.24, 2.45) is 11.8 Å². The summed E-state index contributed by atoms with van der Waals surface area (Å²) in [4.78, 5) is 4.12. The predicted molar refractivity (Wildman–Crippen MR) is 89.6 cm³/mol. The van der Waals surface area contributed by atoms with E-state index in [1.165, 1.54) is 12.8 Å². The number of imidazole rings is 1. The summed E-state index contributed by atoms with van der Waals surface area (Å²) in [6.07, 6.45) is 7.75. The van der Waals surface area contributed by atoms with Crippen LogP contribution in [-0.2, 0) is 16.6 Å². The lowest BCUT2D eigenvalue weighted by molar-refractivity contribution is 0.287. The SMILES string of the molecule is CC(C)Cn1cnc(S(=O)(=O)N2CCC(NCC3CC3)CC2)c1. The molecule has 0 radical (unpaired) electrons. The van der Waals surface area contributed by atoms with Crippen LogP contribution in [0.5, 0.6) is 0 Å². The fourth-order valence-corrected chi connectivity index (χ4v) is 4.49. The summed E-state index contributed by atoms with van der Waals surface area (Å²) in [5, 5.41) is 3.76. The van der Waals surface area contributed by atoms with E-state index in [-0.39, 0.29) is 5.03 Å². The van der Waals surface area contributed by atoms with Crippen LogP contribution in [0.3, 0.4) is 0 Å². The second-order valence-corrected chi connectivity index (χ2v) is 9.22. The van der Waals surface area contributed by atoms with Gasteiger partial charge in [0.15, 0.2) is 5.03 Å². The van der Waals surface area contributed by atoms with Crippen molar-refractivity contribution in [3.63, 3.8) is 0 Å². The van der Waals surface area contributed by atoms with Crippen molar-refractivity contribution in [1.29, 1.82) is 0 Å². The molecule has 7 heteroatoms. The monoisotopic (exact) mass is 340 g/mol. The van der Waals surface area contributed by atoms with Crippen molar-refractivity contribution in [3.8, 4) is 0 Å². The Morgan fingerprint density at radius 2 is 1.96 bits per heavy atom. The lowest BCUT2D eigenvalue weighted by atomic mass is 10.1. The van der Waals surface area contributed by atoms with Gasteiger partial charge in [0, 0.05) is 31.9 Å². The topological polar surface area (TPSA) is 67.2 Å². The first-order chi connectivity index (χ1) is 10.9. The first-order valence-corrected chi connectivity index (χ1v) is 10.1. The Morgan fingerprint density at radius 3 is 2.57 bits per heavy atom. The summed E-state index contributed by atoms with van der Waals surface area (Å²) < 4.78 is 28.8. The van der Waals surface area contributed by atoms with Crippen LogP contribution in [0.4, 0.5) is 0 Å². The van der Waals surface area contributed by atoms with Gasteiger partial charge in [0.2, 0.25) is 0 Å². The first kappa shape index (κ1) is 16.9. The number of rotatable bonds is 7. The molecule has 6 nitrogen and oxygen atoms in total. The van der Waals surface area contributed by atoms with E-state index in [9.17, 15) is 8.42 Å². The van der Waals surface area contributed by atoms with Crippen molar-refractivity contribution in [2.45, 2.75) is 57.1 Å². The molecule has 1 saturated heterocycles. The first-order valence-electron chi connectivity index (χ1n) is 8.70. The number of piperidine rings is 1. The highest BCUT2D eigenvalue weighted by Crippen LogP contribution is 2.28. The highest BCUT2D eigenvalue weighted by molar-refractivity contribution is 7.89. The minimum atomic E-state index is -3.45. The molecule has 0 bridgehead atoms. The molecule has 2 heterocycles. The molecule has 2 fully saturated rings. The minimum absolute atomic E-state index is 0.183. The Hall–Kier alpha value is -0.920. The number of hydrogen-bond donors (Lipinski definition) is 1. The maximum atomic E-state index is 12.7. The summed E-state index contributed by atoms with van der Waals surface area (Å²) in [6.45, 7) is 7.26. The number of aromatic nitrogens is 2. The molecule has 23 heavy (non-hydrogen) atoms. The second kappa shape index (κ2) is 6.91. The third kappa shape index (κ3) is 4.33. The second-order valence-electron chi connectivity index (χ2n) is 7.33. The van der Waals surface area contributed by atoms with E-state index in [0.29, 0.717) is 25.0 Å². The van der Waals surface area contributed by atoms with Crippen LogP contribution in [0.2, 0.25) is 0 Å². The maximum absolute atomic E-state index is 12.7. The molecule has 1 aromatic rings. The zero-order chi connectivity index (χ0) is 16.4. The molecule has 0 amide bonds. The number of hydrogen-bond acceptors (Lipinski definition) is 4. The zero-order valence-electron chi connectivity index (χ0n) is 14.1. The molecular formula is C16H28N4O2S. The third-order valence-electron chi connectivity index (χ3n) is 4.64. The Bertz CT molecular complexity index is 614. The molecule has 1 aromatic heterocycles. The number of nitrogens with one attached hydrogen (secondary N) is 1. The lowest BCUT2D eigenvalue weighted by Crippen LogP contribution is -2.45. The van der Waals surface area contributed by atoms with Gasteiger partial charge in [-0.05, 0) is 44.1 Å². The van der Waals surface area contributed by atoms with Crippen LogP contribution >= 0.6 is 0 Å². The molecule has 0 atom stereocenters. The van der Waals surface area contributed by atoms with Crippen LogP contribution < -0.4 is 5.32 Å². The third-order valence-corrected chi connectivity index (χ3v) is 6.42. The summed E-state index contributed by atoms with van der Waals surface area (Å²) in [5.74, 6) is 1.33. The minimum Gasteiger partial charge on any atom is -0.336 e. The molecule has 3 rings (SSSR count). The van der Waals surface area contributed by atoms with Gasteiger partial charge < -0.3 is 9.88 Å². The van der Waals surface area contributed by atoms with Gasteiger partial charge in [-0.25, -0.2) is 13.4 Å². The maximum Gasteiger partial charge on any atom is 0.262 e. The van der Waals surface area contributed by atoms with Crippen molar-refractivity contribution >= 4 is 10.0 Å². The standard InChI is InChI=1S/C16H28N4O2S/c1-13(2)10-19-11-16(18-12-19)23(21,22)20-7-5-15(6-8-20)17-9-14-3-4-14/h11-15,17H,3-10H2,1-2H3. The van der Waals surface area contributed by atoms with E-state index in [1.807, 2.05) is 4.57 Å². The van der Waals surface area contributed by atoms with Gasteiger partial charge in [-0.15, -0.1) is 0 Å². The van der Waals surface area contributed by atoms with Crippen molar-refractivity contribution in [1.82, 2.24) is 19.2 Å². The molecule has 1 aliphatic carbocycles. The largest absolute Gasteiger partial charge is 0.336 e. The van der Waals surface area contributed by atoms with Crippen LogP contribution in [0, 0.1) is 11.8 Å². The molecule has 1 N–H and O–H groups in total. The van der Waals surface area contributed by atoms with Gasteiger partial charge in [-0.2, -0.15) is 4.31 Å². The van der Waals surface area contributed by atoms with E-state index >= 15 is 0 Å². The number of nitrogens with zero attached hydrogens (tertiary/aromatic N) is 3. The van der Waals surface area contributed by atoms with Gasteiger partial charge >= 0.3 is 0 Å². The normalized spacial score (nSPS) is 21.2. The lowest BCUT2D eigenvalue weighted by Gasteiger charge is -2.31. The van der Waals surface area contributed by atoms with E-state index in [1.54, 1.807) is 16.8 Å². The van der Waals surface area contributed by atoms with Gasteiger partial charge in [0.1, 0.15) is 0 Å². The Balaban J connectivity index is 1.56. The average Bonchev–Trinajstić information content (AvgIpc) is 3.22. The van der Waals surface area contributed by atoms with E-state index in [0.717, 1.165) is 31.8 Å². The molecule has 2 aliphatic rings.